The Balaban J connectivity index is 1.51. The van der Waals surface area contributed by atoms with Gasteiger partial charge in [0.25, 0.3) is 5.91 Å². The minimum Gasteiger partial charge on any atom is -0.493 e. The number of rotatable bonds is 2. The van der Waals surface area contributed by atoms with E-state index in [-0.39, 0.29) is 12.7 Å². The zero-order valence-corrected chi connectivity index (χ0v) is 12.9. The molecule has 2 aromatic rings. The van der Waals surface area contributed by atoms with E-state index in [1.807, 2.05) is 6.07 Å². The quantitative estimate of drug-likeness (QED) is 0.919. The molecular weight excluding hydrogens is 310 g/mol. The van der Waals surface area contributed by atoms with Gasteiger partial charge in [0.15, 0.2) is 11.5 Å². The number of benzene rings is 2. The fraction of sp³-hybridized carbons (Fsp3) is 0.278. The van der Waals surface area contributed by atoms with Crippen LogP contribution in [0.25, 0.3) is 0 Å². The van der Waals surface area contributed by atoms with Gasteiger partial charge >= 0.3 is 0 Å². The fourth-order valence-corrected chi connectivity index (χ4v) is 3.34. The summed E-state index contributed by atoms with van der Waals surface area (Å²) in [6.07, 6.45) is 1.60. The van der Waals surface area contributed by atoms with Crippen LogP contribution in [0.15, 0.2) is 24.3 Å². The molecule has 5 rings (SSSR count). The number of fused-ring (bicyclic) bond motifs is 3. The molecule has 0 spiro atoms. The lowest BCUT2D eigenvalue weighted by molar-refractivity contribution is 0.102. The minimum atomic E-state index is -0.202. The third kappa shape index (κ3) is 1.99. The second-order valence-corrected chi connectivity index (χ2v) is 5.94. The molecule has 0 atom stereocenters. The van der Waals surface area contributed by atoms with Crippen molar-refractivity contribution < 1.29 is 23.7 Å². The molecule has 3 aliphatic rings. The highest BCUT2D eigenvalue weighted by Gasteiger charge is 2.28. The van der Waals surface area contributed by atoms with Crippen LogP contribution in [0.5, 0.6) is 23.0 Å². The summed E-state index contributed by atoms with van der Waals surface area (Å²) in [5, 5.41) is 3.01. The van der Waals surface area contributed by atoms with E-state index in [9.17, 15) is 4.79 Å². The minimum absolute atomic E-state index is 0.186. The van der Waals surface area contributed by atoms with Gasteiger partial charge in [-0.05, 0) is 24.3 Å². The first-order chi connectivity index (χ1) is 11.8. The Morgan fingerprint density at radius 3 is 2.75 bits per heavy atom. The van der Waals surface area contributed by atoms with Gasteiger partial charge in [0, 0.05) is 29.5 Å². The molecular formula is C18H15NO5. The van der Waals surface area contributed by atoms with E-state index >= 15 is 0 Å². The molecule has 0 saturated heterocycles. The van der Waals surface area contributed by atoms with Crippen LogP contribution in [0.1, 0.15) is 21.5 Å². The summed E-state index contributed by atoms with van der Waals surface area (Å²) in [5.74, 6) is 2.66. The van der Waals surface area contributed by atoms with Gasteiger partial charge in [-0.2, -0.15) is 0 Å². The normalized spacial score (nSPS) is 16.2. The lowest BCUT2D eigenvalue weighted by Crippen LogP contribution is -2.14. The first-order valence-electron chi connectivity index (χ1n) is 7.95. The number of ether oxygens (including phenoxy) is 4. The number of carbonyl (C=O) groups is 1. The van der Waals surface area contributed by atoms with E-state index in [0.717, 1.165) is 41.2 Å². The Hall–Kier alpha value is -2.89. The third-order valence-corrected chi connectivity index (χ3v) is 4.52. The van der Waals surface area contributed by atoms with Gasteiger partial charge in [-0.15, -0.1) is 0 Å². The molecule has 0 unspecified atom stereocenters. The standard InChI is InChI=1S/C18H15NO5/c20-18(11-1-2-13-15(8-11)24-9-23-13)19-16-12-4-6-21-14(12)7-10-3-5-22-17(10)16/h1-2,7-8H,3-6,9H2,(H,19,20). The van der Waals surface area contributed by atoms with Crippen LogP contribution in [-0.4, -0.2) is 25.9 Å². The van der Waals surface area contributed by atoms with Crippen LogP contribution in [0, 0.1) is 0 Å². The third-order valence-electron chi connectivity index (χ3n) is 4.52. The number of anilines is 1. The predicted octanol–water partition coefficient (Wildman–Crippen LogP) is 2.54. The van der Waals surface area contributed by atoms with Crippen molar-refractivity contribution in [2.75, 3.05) is 25.3 Å². The first-order valence-corrected chi connectivity index (χ1v) is 7.95. The van der Waals surface area contributed by atoms with E-state index in [0.29, 0.717) is 30.3 Å². The zero-order valence-electron chi connectivity index (χ0n) is 12.9. The van der Waals surface area contributed by atoms with E-state index in [4.69, 9.17) is 18.9 Å². The maximum atomic E-state index is 12.7. The molecule has 6 nitrogen and oxygen atoms in total. The Morgan fingerprint density at radius 2 is 1.79 bits per heavy atom. The lowest BCUT2D eigenvalue weighted by Gasteiger charge is -2.14. The maximum Gasteiger partial charge on any atom is 0.255 e. The summed E-state index contributed by atoms with van der Waals surface area (Å²) in [7, 11) is 0. The molecule has 1 N–H and O–H groups in total. The highest BCUT2D eigenvalue weighted by Crippen LogP contribution is 2.44. The van der Waals surface area contributed by atoms with Crippen LogP contribution < -0.4 is 24.3 Å². The summed E-state index contributed by atoms with van der Waals surface area (Å²) in [5.41, 5.74) is 3.34. The molecule has 0 fully saturated rings. The SMILES string of the molecule is O=C(Nc1c2c(cc3c1OCC3)OCC2)c1ccc2c(c1)OCO2. The maximum absolute atomic E-state index is 12.7. The van der Waals surface area contributed by atoms with Gasteiger partial charge in [0.1, 0.15) is 11.5 Å². The summed E-state index contributed by atoms with van der Waals surface area (Å²) < 4.78 is 22.0. The van der Waals surface area contributed by atoms with Crippen molar-refractivity contribution in [1.29, 1.82) is 0 Å². The Bertz CT molecular complexity index is 829. The van der Waals surface area contributed by atoms with Crippen LogP contribution >= 0.6 is 0 Å². The van der Waals surface area contributed by atoms with Gasteiger partial charge in [-0.25, -0.2) is 0 Å². The number of carbonyl (C=O) groups excluding carboxylic acids is 1. The Labute approximate surface area is 138 Å². The van der Waals surface area contributed by atoms with E-state index in [1.165, 1.54) is 0 Å². The number of hydrogen-bond donors (Lipinski definition) is 1. The Morgan fingerprint density at radius 1 is 0.917 bits per heavy atom. The van der Waals surface area contributed by atoms with Gasteiger partial charge in [0.2, 0.25) is 6.79 Å². The van der Waals surface area contributed by atoms with Gasteiger partial charge in [0.05, 0.1) is 18.9 Å². The molecule has 0 aliphatic carbocycles. The topological polar surface area (TPSA) is 66.0 Å². The zero-order chi connectivity index (χ0) is 16.1. The summed E-state index contributed by atoms with van der Waals surface area (Å²) >= 11 is 0. The van der Waals surface area contributed by atoms with Crippen LogP contribution in [0.2, 0.25) is 0 Å². The fourth-order valence-electron chi connectivity index (χ4n) is 3.34. The van der Waals surface area contributed by atoms with E-state index < -0.39 is 0 Å². The Kier molecular flexibility index (Phi) is 2.85. The van der Waals surface area contributed by atoms with Crippen molar-refractivity contribution in [3.63, 3.8) is 0 Å². The highest BCUT2D eigenvalue weighted by molar-refractivity contribution is 6.06. The predicted molar refractivity (Wildman–Crippen MR) is 85.4 cm³/mol. The largest absolute Gasteiger partial charge is 0.493 e. The summed E-state index contributed by atoms with van der Waals surface area (Å²) in [4.78, 5) is 12.7. The second-order valence-electron chi connectivity index (χ2n) is 5.94. The van der Waals surface area contributed by atoms with Crippen LogP contribution in [0.3, 0.4) is 0 Å². The number of amides is 1. The number of nitrogens with one attached hydrogen (secondary N) is 1. The van der Waals surface area contributed by atoms with Gasteiger partial charge < -0.3 is 24.3 Å². The molecule has 0 radical (unpaired) electrons. The van der Waals surface area contributed by atoms with E-state index in [2.05, 4.69) is 5.32 Å². The monoisotopic (exact) mass is 325 g/mol. The van der Waals surface area contributed by atoms with Crippen LogP contribution in [0.4, 0.5) is 5.69 Å². The summed E-state index contributed by atoms with van der Waals surface area (Å²) in [6, 6.07) is 7.19. The molecule has 24 heavy (non-hydrogen) atoms. The average molecular weight is 325 g/mol. The number of hydrogen-bond acceptors (Lipinski definition) is 5. The van der Waals surface area contributed by atoms with Crippen molar-refractivity contribution in [3.8, 4) is 23.0 Å². The smallest absolute Gasteiger partial charge is 0.255 e. The molecule has 0 bridgehead atoms. The first kappa shape index (κ1) is 13.5. The molecule has 6 heteroatoms. The molecule has 0 aromatic heterocycles. The van der Waals surface area contributed by atoms with Crippen molar-refractivity contribution in [2.24, 2.45) is 0 Å². The molecule has 1 amide bonds. The summed E-state index contributed by atoms with van der Waals surface area (Å²) in [6.45, 7) is 1.45. The van der Waals surface area contributed by atoms with Crippen molar-refractivity contribution in [3.05, 3.63) is 41.0 Å². The van der Waals surface area contributed by atoms with Crippen molar-refractivity contribution in [1.82, 2.24) is 0 Å². The van der Waals surface area contributed by atoms with Crippen molar-refractivity contribution in [2.45, 2.75) is 12.8 Å². The molecule has 2 aromatic carbocycles. The van der Waals surface area contributed by atoms with Gasteiger partial charge in [-0.1, -0.05) is 0 Å². The van der Waals surface area contributed by atoms with Gasteiger partial charge in [-0.3, -0.25) is 4.79 Å². The molecule has 0 saturated carbocycles. The lowest BCUT2D eigenvalue weighted by atomic mass is 10.0. The van der Waals surface area contributed by atoms with E-state index in [1.54, 1.807) is 18.2 Å². The van der Waals surface area contributed by atoms with Crippen molar-refractivity contribution >= 4 is 11.6 Å². The second kappa shape index (κ2) is 5.06. The molecule has 3 aliphatic heterocycles. The molecule has 122 valence electrons. The molecule has 3 heterocycles. The van der Waals surface area contributed by atoms with Crippen LogP contribution in [-0.2, 0) is 12.8 Å². The highest BCUT2D eigenvalue weighted by atomic mass is 16.7. The average Bonchev–Trinajstić information content (AvgIpc) is 3.33.